The highest BCUT2D eigenvalue weighted by atomic mass is 15.2. The Bertz CT molecular complexity index is 6340. The monoisotopic (exact) mass is 1240 g/mol. The number of rotatable bonds is 9. The molecule has 20 rings (SSSR count). The van der Waals surface area contributed by atoms with Crippen LogP contribution in [0.3, 0.4) is 0 Å². The molecule has 0 bridgehead atoms. The molecule has 0 saturated carbocycles. The van der Waals surface area contributed by atoms with Crippen LogP contribution in [0.5, 0.6) is 0 Å². The topological polar surface area (TPSA) is 63.3 Å². The zero-order chi connectivity index (χ0) is 63.9. The van der Waals surface area contributed by atoms with Crippen LogP contribution < -0.4 is 0 Å². The summed E-state index contributed by atoms with van der Waals surface area (Å²) in [7, 11) is 0. The van der Waals surface area contributed by atoms with Gasteiger partial charge < -0.3 is 13.7 Å². The fourth-order valence-corrected chi connectivity index (χ4v) is 14.9. The molecule has 8 nitrogen and oxygen atoms in total. The number of fused-ring (bicyclic) bond motifs is 14. The number of imidazole rings is 1. The minimum Gasteiger partial charge on any atom is -0.309 e. The van der Waals surface area contributed by atoms with Gasteiger partial charge in [0.05, 0.1) is 66.6 Å². The number of hydrogen-bond acceptors (Lipinski definition) is 3. The molecule has 6 heterocycles. The molecule has 0 saturated heterocycles. The Morgan fingerprint density at radius 1 is 0.186 bits per heavy atom. The van der Waals surface area contributed by atoms with E-state index in [2.05, 4.69) is 356 Å². The second-order valence-corrected chi connectivity index (χ2v) is 24.7. The van der Waals surface area contributed by atoms with Crippen molar-refractivity contribution >= 4 is 98.3 Å². The summed E-state index contributed by atoms with van der Waals surface area (Å²) in [5.74, 6) is 1.58. The van der Waals surface area contributed by atoms with Gasteiger partial charge in [0.2, 0.25) is 5.95 Å². The maximum atomic E-state index is 5.23. The van der Waals surface area contributed by atoms with Gasteiger partial charge in [-0.05, 0) is 120 Å². The Morgan fingerprint density at radius 3 is 1.09 bits per heavy atom. The first-order valence-electron chi connectivity index (χ1n) is 32.9. The van der Waals surface area contributed by atoms with E-state index in [0.717, 1.165) is 89.8 Å². The molecule has 0 radical (unpaired) electrons. The second-order valence-electron chi connectivity index (χ2n) is 24.7. The first kappa shape index (κ1) is 55.5. The molecule has 6 aromatic heterocycles. The fraction of sp³-hybridized carbons (Fsp3) is 0. The van der Waals surface area contributed by atoms with E-state index in [1.165, 1.54) is 76.2 Å². The van der Waals surface area contributed by atoms with Crippen LogP contribution in [0.25, 0.3) is 172 Å². The molecule has 20 aromatic rings. The fourth-order valence-electron chi connectivity index (χ4n) is 14.9. The van der Waals surface area contributed by atoms with Gasteiger partial charge in [-0.25, -0.2) is 15.0 Å². The predicted octanol–water partition coefficient (Wildman–Crippen LogP) is 22.6. The number of aromatic nitrogens is 8. The maximum absolute atomic E-state index is 5.23. The zero-order valence-electron chi connectivity index (χ0n) is 52.6. The lowest BCUT2D eigenvalue weighted by Crippen LogP contribution is -2.04. The van der Waals surface area contributed by atoms with Crippen LogP contribution in [0, 0.1) is 0 Å². The van der Waals surface area contributed by atoms with Crippen LogP contribution in [0.1, 0.15) is 0 Å². The molecule has 0 amide bonds. The molecule has 0 fully saturated rings. The molecule has 8 heteroatoms. The van der Waals surface area contributed by atoms with E-state index in [1.807, 2.05) is 18.2 Å². The molecule has 0 spiro atoms. The van der Waals surface area contributed by atoms with Gasteiger partial charge in [0, 0.05) is 82.5 Å². The quantitative estimate of drug-likeness (QED) is 0.145. The highest BCUT2D eigenvalue weighted by Crippen LogP contribution is 2.44. The number of nitrogens with zero attached hydrogens (tertiary/aromatic N) is 8. The molecular weight excluding hydrogens is 1180 g/mol. The first-order chi connectivity index (χ1) is 48.1. The Kier molecular flexibility index (Phi) is 13.1. The predicted molar refractivity (Wildman–Crippen MR) is 402 cm³/mol. The van der Waals surface area contributed by atoms with Crippen molar-refractivity contribution in [3.8, 4) is 73.7 Å². The summed E-state index contributed by atoms with van der Waals surface area (Å²) in [5.41, 5.74) is 23.2. The van der Waals surface area contributed by atoms with Crippen molar-refractivity contribution in [3.05, 3.63) is 352 Å². The smallest absolute Gasteiger partial charge is 0.235 e. The van der Waals surface area contributed by atoms with Gasteiger partial charge in [0.1, 0.15) is 5.82 Å². The lowest BCUT2D eigenvalue weighted by atomic mass is 10.0. The van der Waals surface area contributed by atoms with Crippen LogP contribution in [-0.4, -0.2) is 37.8 Å². The molecule has 0 aliphatic heterocycles. The first-order valence-corrected chi connectivity index (χ1v) is 32.9. The molecule has 14 aromatic carbocycles. The van der Waals surface area contributed by atoms with Crippen molar-refractivity contribution in [1.29, 1.82) is 0 Å². The van der Waals surface area contributed by atoms with Crippen LogP contribution in [0.2, 0.25) is 0 Å². The number of para-hydroxylation sites is 8. The second kappa shape index (κ2) is 22.8. The third kappa shape index (κ3) is 9.18. The van der Waals surface area contributed by atoms with E-state index < -0.39 is 0 Å². The van der Waals surface area contributed by atoms with Crippen LogP contribution in [0.4, 0.5) is 0 Å². The van der Waals surface area contributed by atoms with Crippen molar-refractivity contribution in [1.82, 2.24) is 37.8 Å². The summed E-state index contributed by atoms with van der Waals surface area (Å²) in [6.45, 7) is 0. The standard InChI is InChI=1S/C46H30N4.C43H28N4/c1-4-14-31(15-5-1)40-30-41(32-16-6-2-7-17-32)48-46(47-40)50-43-23-13-10-20-36(43)38-26-24-34(29-45(38)50)33-25-27-44-39(28-33)37-21-11-12-22-42(37)49(44)35-18-8-3-9-19-35;1-3-13-29(14-4-1)43-44-37-19-9-12-22-40(37)47(43)32-25-23-31(24-26-32)46-39-21-11-8-18-34(39)36-28-27-35-33-17-7-10-20-38(33)45(41(35)42(36)46)30-15-5-2-6-16-30/h1-30H;1-28H. The molecule has 0 N–H and O–H groups in total. The molecule has 0 unspecified atom stereocenters. The van der Waals surface area contributed by atoms with Crippen molar-refractivity contribution < 1.29 is 0 Å². The Labute approximate surface area is 558 Å². The minimum absolute atomic E-state index is 0.648. The van der Waals surface area contributed by atoms with Crippen molar-refractivity contribution in [2.45, 2.75) is 0 Å². The minimum atomic E-state index is 0.648. The Hall–Kier alpha value is -13.2. The Morgan fingerprint density at radius 2 is 0.546 bits per heavy atom. The van der Waals surface area contributed by atoms with Crippen LogP contribution in [-0.2, 0) is 0 Å². The maximum Gasteiger partial charge on any atom is 0.235 e. The molecule has 0 atom stereocenters. The largest absolute Gasteiger partial charge is 0.309 e. The summed E-state index contributed by atoms with van der Waals surface area (Å²) in [5, 5.41) is 9.79. The average molecular weight is 1240 g/mol. The van der Waals surface area contributed by atoms with Gasteiger partial charge in [0.15, 0.2) is 0 Å². The lowest BCUT2D eigenvalue weighted by Gasteiger charge is -2.14. The summed E-state index contributed by atoms with van der Waals surface area (Å²) in [4.78, 5) is 15.5. The number of benzene rings is 14. The third-order valence-electron chi connectivity index (χ3n) is 19.2. The van der Waals surface area contributed by atoms with Crippen LogP contribution >= 0.6 is 0 Å². The summed E-state index contributed by atoms with van der Waals surface area (Å²) < 4.78 is 11.7. The van der Waals surface area contributed by atoms with Gasteiger partial charge in [0.25, 0.3) is 0 Å². The molecule has 0 aliphatic carbocycles. The van der Waals surface area contributed by atoms with Gasteiger partial charge in [-0.1, -0.05) is 243 Å². The van der Waals surface area contributed by atoms with Crippen LogP contribution in [0.15, 0.2) is 352 Å². The van der Waals surface area contributed by atoms with Crippen molar-refractivity contribution in [2.24, 2.45) is 0 Å². The van der Waals surface area contributed by atoms with E-state index in [4.69, 9.17) is 15.0 Å². The third-order valence-corrected chi connectivity index (χ3v) is 19.2. The lowest BCUT2D eigenvalue weighted by molar-refractivity contribution is 0.996. The van der Waals surface area contributed by atoms with Gasteiger partial charge in [-0.3, -0.25) is 9.13 Å². The normalized spacial score (nSPS) is 11.7. The van der Waals surface area contributed by atoms with E-state index in [1.54, 1.807) is 0 Å². The Balaban J connectivity index is 0.000000137. The van der Waals surface area contributed by atoms with Crippen molar-refractivity contribution in [3.63, 3.8) is 0 Å². The van der Waals surface area contributed by atoms with Gasteiger partial charge >= 0.3 is 0 Å². The molecule has 0 aliphatic rings. The summed E-state index contributed by atoms with van der Waals surface area (Å²) in [6, 6.07) is 125. The van der Waals surface area contributed by atoms with E-state index in [0.29, 0.717) is 5.95 Å². The summed E-state index contributed by atoms with van der Waals surface area (Å²) >= 11 is 0. The molecule has 454 valence electrons. The average Bonchev–Trinajstić information content (AvgIpc) is 1.53. The highest BCUT2D eigenvalue weighted by molar-refractivity contribution is 6.24. The highest BCUT2D eigenvalue weighted by Gasteiger charge is 2.24. The van der Waals surface area contributed by atoms with E-state index in [9.17, 15) is 0 Å². The van der Waals surface area contributed by atoms with Gasteiger partial charge in [-0.2, -0.15) is 0 Å². The zero-order valence-corrected chi connectivity index (χ0v) is 52.6. The molecule has 97 heavy (non-hydrogen) atoms. The van der Waals surface area contributed by atoms with E-state index >= 15 is 0 Å². The van der Waals surface area contributed by atoms with E-state index in [-0.39, 0.29) is 0 Å². The number of hydrogen-bond donors (Lipinski definition) is 0. The van der Waals surface area contributed by atoms with Gasteiger partial charge in [-0.15, -0.1) is 0 Å². The molecular formula is C89H58N8. The van der Waals surface area contributed by atoms with Crippen molar-refractivity contribution in [2.75, 3.05) is 0 Å². The SMILES string of the molecule is c1ccc(-c2cc(-c3ccccc3)nc(-n3c4ccccc4c4ccc(-c5ccc6c(c5)c5ccccc5n6-c5ccccc5)cc43)n2)cc1.c1ccc(-c2nc3ccccc3n2-c2ccc(-n3c4ccccc4c4ccc5c6ccccc6n(-c6ccccc6)c5c43)cc2)cc1. The summed E-state index contributed by atoms with van der Waals surface area (Å²) in [6.07, 6.45) is 0.